The molecule has 4 heteroatoms. The molecule has 15 heavy (non-hydrogen) atoms. The maximum absolute atomic E-state index is 12.9. The molecule has 1 aromatic carbocycles. The van der Waals surface area contributed by atoms with Gasteiger partial charge in [-0.25, -0.2) is 4.39 Å². The minimum Gasteiger partial charge on any atom is -0.325 e. The predicted molar refractivity (Wildman–Crippen MR) is 60.1 cm³/mol. The molecule has 1 fully saturated rings. The van der Waals surface area contributed by atoms with Gasteiger partial charge in [0, 0.05) is 10.9 Å². The van der Waals surface area contributed by atoms with Crippen molar-refractivity contribution < 1.29 is 9.18 Å². The fourth-order valence-electron chi connectivity index (χ4n) is 1.38. The summed E-state index contributed by atoms with van der Waals surface area (Å²) in [6.07, 6.45) is 2.82. The number of carbonyl (C=O) groups is 1. The van der Waals surface area contributed by atoms with Gasteiger partial charge in [-0.05, 0) is 52.9 Å². The molecule has 0 atom stereocenters. The van der Waals surface area contributed by atoms with Crippen molar-refractivity contribution in [3.8, 4) is 0 Å². The molecule has 1 aliphatic rings. The van der Waals surface area contributed by atoms with Crippen LogP contribution in [-0.4, -0.2) is 5.91 Å². The summed E-state index contributed by atoms with van der Waals surface area (Å²) < 4.78 is 13.6. The first kappa shape index (κ1) is 10.6. The number of halogens is 2. The van der Waals surface area contributed by atoms with E-state index >= 15 is 0 Å². The van der Waals surface area contributed by atoms with Gasteiger partial charge in [0.25, 0.3) is 0 Å². The molecule has 80 valence electrons. The topological polar surface area (TPSA) is 29.1 Å². The van der Waals surface area contributed by atoms with Crippen LogP contribution in [0.25, 0.3) is 0 Å². The Labute approximate surface area is 96.0 Å². The lowest BCUT2D eigenvalue weighted by Crippen LogP contribution is -2.12. The quantitative estimate of drug-likeness (QED) is 0.898. The molecule has 1 N–H and O–H groups in total. The molecule has 0 spiro atoms. The number of anilines is 1. The molecule has 1 saturated carbocycles. The second-order valence-electron chi connectivity index (χ2n) is 3.82. The van der Waals surface area contributed by atoms with E-state index in [1.165, 1.54) is 12.1 Å². The van der Waals surface area contributed by atoms with Gasteiger partial charge in [0.2, 0.25) is 5.91 Å². The van der Waals surface area contributed by atoms with E-state index in [0.717, 1.165) is 12.8 Å². The van der Waals surface area contributed by atoms with E-state index in [1.54, 1.807) is 6.07 Å². The molecular weight excluding hydrogens is 261 g/mol. The predicted octanol–water partition coefficient (Wildman–Crippen LogP) is 3.33. The van der Waals surface area contributed by atoms with Gasteiger partial charge in [-0.15, -0.1) is 0 Å². The lowest BCUT2D eigenvalue weighted by atomic mass is 10.2. The standard InChI is InChI=1S/C11H11BrFNO/c12-9-4-3-8(13)6-10(9)14-11(15)5-7-1-2-7/h3-4,6-7H,1-2,5H2,(H,14,15). The van der Waals surface area contributed by atoms with Crippen molar-refractivity contribution in [2.24, 2.45) is 5.92 Å². The summed E-state index contributed by atoms with van der Waals surface area (Å²) in [4.78, 5) is 11.5. The van der Waals surface area contributed by atoms with Crippen molar-refractivity contribution >= 4 is 27.5 Å². The van der Waals surface area contributed by atoms with Crippen molar-refractivity contribution in [3.63, 3.8) is 0 Å². The van der Waals surface area contributed by atoms with Crippen molar-refractivity contribution in [2.45, 2.75) is 19.3 Å². The van der Waals surface area contributed by atoms with Crippen LogP contribution in [0.5, 0.6) is 0 Å². The van der Waals surface area contributed by atoms with E-state index in [2.05, 4.69) is 21.2 Å². The summed E-state index contributed by atoms with van der Waals surface area (Å²) in [5.74, 6) is 0.154. The first-order valence-electron chi connectivity index (χ1n) is 4.90. The zero-order valence-corrected chi connectivity index (χ0v) is 9.68. The van der Waals surface area contributed by atoms with Gasteiger partial charge in [0.15, 0.2) is 0 Å². The number of rotatable bonds is 3. The number of benzene rings is 1. The third kappa shape index (κ3) is 3.02. The summed E-state index contributed by atoms with van der Waals surface area (Å²) in [6.45, 7) is 0. The second kappa shape index (κ2) is 4.31. The minimum atomic E-state index is -0.347. The Morgan fingerprint density at radius 2 is 2.27 bits per heavy atom. The number of carbonyl (C=O) groups excluding carboxylic acids is 1. The third-order valence-electron chi connectivity index (χ3n) is 2.37. The van der Waals surface area contributed by atoms with E-state index in [9.17, 15) is 9.18 Å². The zero-order valence-electron chi connectivity index (χ0n) is 8.09. The van der Waals surface area contributed by atoms with Gasteiger partial charge >= 0.3 is 0 Å². The summed E-state index contributed by atoms with van der Waals surface area (Å²) in [6, 6.07) is 4.25. The van der Waals surface area contributed by atoms with Crippen LogP contribution in [0.15, 0.2) is 22.7 Å². The average Bonchev–Trinajstić information content (AvgIpc) is 2.95. The molecule has 0 heterocycles. The van der Waals surface area contributed by atoms with Gasteiger partial charge in [-0.2, -0.15) is 0 Å². The van der Waals surface area contributed by atoms with Gasteiger partial charge in [0.1, 0.15) is 5.82 Å². The Kier molecular flexibility index (Phi) is 3.05. The van der Waals surface area contributed by atoms with Crippen molar-refractivity contribution in [2.75, 3.05) is 5.32 Å². The third-order valence-corrected chi connectivity index (χ3v) is 3.06. The Bertz CT molecular complexity index is 390. The average molecular weight is 272 g/mol. The van der Waals surface area contributed by atoms with Crippen LogP contribution < -0.4 is 5.32 Å². The first-order chi connectivity index (χ1) is 7.15. The minimum absolute atomic E-state index is 0.0381. The number of hydrogen-bond donors (Lipinski definition) is 1. The SMILES string of the molecule is O=C(CC1CC1)Nc1cc(F)ccc1Br. The van der Waals surface area contributed by atoms with Gasteiger partial charge in [-0.1, -0.05) is 0 Å². The van der Waals surface area contributed by atoms with Crippen LogP contribution >= 0.6 is 15.9 Å². The van der Waals surface area contributed by atoms with Gasteiger partial charge < -0.3 is 5.32 Å². The number of hydrogen-bond acceptors (Lipinski definition) is 1. The fraction of sp³-hybridized carbons (Fsp3) is 0.364. The highest BCUT2D eigenvalue weighted by Crippen LogP contribution is 2.33. The molecule has 0 bridgehead atoms. The Hall–Kier alpha value is -0.900. The summed E-state index contributed by atoms with van der Waals surface area (Å²) >= 11 is 3.26. The summed E-state index contributed by atoms with van der Waals surface area (Å²) in [7, 11) is 0. The lowest BCUT2D eigenvalue weighted by molar-refractivity contribution is -0.116. The molecule has 2 rings (SSSR count). The molecule has 0 unspecified atom stereocenters. The maximum atomic E-state index is 12.9. The van der Waals surface area contributed by atoms with E-state index in [4.69, 9.17) is 0 Å². The lowest BCUT2D eigenvalue weighted by Gasteiger charge is -2.06. The van der Waals surface area contributed by atoms with Crippen molar-refractivity contribution in [3.05, 3.63) is 28.5 Å². The molecule has 1 amide bonds. The monoisotopic (exact) mass is 271 g/mol. The Balaban J connectivity index is 2.01. The number of nitrogens with one attached hydrogen (secondary N) is 1. The van der Waals surface area contributed by atoms with E-state index in [0.29, 0.717) is 22.5 Å². The smallest absolute Gasteiger partial charge is 0.224 e. The first-order valence-corrected chi connectivity index (χ1v) is 5.69. The van der Waals surface area contributed by atoms with E-state index in [-0.39, 0.29) is 11.7 Å². The summed E-state index contributed by atoms with van der Waals surface area (Å²) in [5.41, 5.74) is 0.501. The number of amides is 1. The van der Waals surface area contributed by atoms with E-state index in [1.807, 2.05) is 0 Å². The maximum Gasteiger partial charge on any atom is 0.224 e. The highest BCUT2D eigenvalue weighted by Gasteiger charge is 2.24. The highest BCUT2D eigenvalue weighted by molar-refractivity contribution is 9.10. The van der Waals surface area contributed by atoms with Crippen LogP contribution in [0.4, 0.5) is 10.1 Å². The molecule has 0 aliphatic heterocycles. The Morgan fingerprint density at radius 1 is 1.53 bits per heavy atom. The van der Waals surface area contributed by atoms with Crippen molar-refractivity contribution in [1.82, 2.24) is 0 Å². The largest absolute Gasteiger partial charge is 0.325 e. The fourth-order valence-corrected chi connectivity index (χ4v) is 1.72. The van der Waals surface area contributed by atoms with Crippen molar-refractivity contribution in [1.29, 1.82) is 0 Å². The molecule has 1 aromatic rings. The van der Waals surface area contributed by atoms with Gasteiger partial charge in [-0.3, -0.25) is 4.79 Å². The molecule has 0 saturated heterocycles. The highest BCUT2D eigenvalue weighted by atomic mass is 79.9. The Morgan fingerprint density at radius 3 is 2.93 bits per heavy atom. The molecule has 0 radical (unpaired) electrons. The normalized spacial score (nSPS) is 15.1. The molecule has 2 nitrogen and oxygen atoms in total. The molecule has 0 aromatic heterocycles. The zero-order chi connectivity index (χ0) is 10.8. The van der Waals surface area contributed by atoms with Crippen LogP contribution in [0.1, 0.15) is 19.3 Å². The van der Waals surface area contributed by atoms with Crippen LogP contribution in [0.2, 0.25) is 0 Å². The molecule has 1 aliphatic carbocycles. The molecular formula is C11H11BrFNO. The van der Waals surface area contributed by atoms with Crippen LogP contribution in [0, 0.1) is 11.7 Å². The van der Waals surface area contributed by atoms with Crippen LogP contribution in [-0.2, 0) is 4.79 Å². The summed E-state index contributed by atoms with van der Waals surface area (Å²) in [5, 5.41) is 2.70. The second-order valence-corrected chi connectivity index (χ2v) is 4.67. The van der Waals surface area contributed by atoms with Gasteiger partial charge in [0.05, 0.1) is 5.69 Å². The van der Waals surface area contributed by atoms with E-state index < -0.39 is 0 Å². The van der Waals surface area contributed by atoms with Crippen LogP contribution in [0.3, 0.4) is 0 Å².